The highest BCUT2D eigenvalue weighted by atomic mass is 32.1. The highest BCUT2D eigenvalue weighted by Crippen LogP contribution is 2.32. The van der Waals surface area contributed by atoms with Crippen molar-refractivity contribution in [3.8, 4) is 10.4 Å². The molecule has 3 amide bonds. The van der Waals surface area contributed by atoms with Gasteiger partial charge in [0.2, 0.25) is 5.91 Å². The monoisotopic (exact) mass is 535 g/mol. The van der Waals surface area contributed by atoms with Gasteiger partial charge in [0, 0.05) is 16.8 Å². The van der Waals surface area contributed by atoms with Crippen LogP contribution < -0.4 is 5.32 Å². The second-order valence-corrected chi connectivity index (χ2v) is 11.8. The number of Topliss-reactive ketones (excluding diaryl/α,β-unsaturated/α-hetero) is 1. The molecule has 2 aromatic heterocycles. The van der Waals surface area contributed by atoms with Crippen molar-refractivity contribution in [3.05, 3.63) is 69.7 Å². The van der Waals surface area contributed by atoms with Gasteiger partial charge < -0.3 is 15.1 Å². The first-order chi connectivity index (χ1) is 17.8. The Bertz CT molecular complexity index is 1300. The molecule has 9 heteroatoms. The van der Waals surface area contributed by atoms with E-state index in [9.17, 15) is 19.2 Å². The van der Waals surface area contributed by atoms with E-state index < -0.39 is 12.1 Å². The average molecular weight is 536 g/mol. The molecule has 2 aliphatic rings. The number of fused-ring (bicyclic) bond motifs is 1. The number of nitrogens with zero attached hydrogens (tertiary/aromatic N) is 2. The first-order valence-corrected chi connectivity index (χ1v) is 14.2. The van der Waals surface area contributed by atoms with Gasteiger partial charge in [-0.2, -0.15) is 11.3 Å². The van der Waals surface area contributed by atoms with E-state index in [1.807, 2.05) is 55.6 Å². The molecule has 0 spiro atoms. The fourth-order valence-corrected chi connectivity index (χ4v) is 6.78. The number of carbonyl (C=O) groups is 4. The van der Waals surface area contributed by atoms with E-state index in [1.165, 1.54) is 22.7 Å². The zero-order valence-corrected chi connectivity index (χ0v) is 22.4. The molecule has 37 heavy (non-hydrogen) atoms. The molecule has 0 aliphatic carbocycles. The number of ketones is 1. The topological polar surface area (TPSA) is 86.8 Å². The lowest BCUT2D eigenvalue weighted by Crippen LogP contribution is -2.52. The maximum Gasteiger partial charge on any atom is 0.262 e. The van der Waals surface area contributed by atoms with Gasteiger partial charge in [0.25, 0.3) is 11.8 Å². The van der Waals surface area contributed by atoms with Gasteiger partial charge in [-0.15, -0.1) is 11.3 Å². The first-order valence-electron chi connectivity index (χ1n) is 12.5. The van der Waals surface area contributed by atoms with Crippen molar-refractivity contribution in [2.45, 2.75) is 44.8 Å². The van der Waals surface area contributed by atoms with E-state index in [2.05, 4.69) is 5.32 Å². The third kappa shape index (κ3) is 5.10. The number of hydrogen-bond acceptors (Lipinski definition) is 6. The number of rotatable bonds is 7. The van der Waals surface area contributed by atoms with Crippen LogP contribution in [0, 0.1) is 5.92 Å². The van der Waals surface area contributed by atoms with Crippen LogP contribution in [0.2, 0.25) is 0 Å². The Morgan fingerprint density at radius 2 is 1.84 bits per heavy atom. The quantitative estimate of drug-likeness (QED) is 0.488. The normalized spacial score (nSPS) is 19.8. The largest absolute Gasteiger partial charge is 0.340 e. The molecule has 4 heterocycles. The predicted molar refractivity (Wildman–Crippen MR) is 145 cm³/mol. The summed E-state index contributed by atoms with van der Waals surface area (Å²) in [5.74, 6) is -0.691. The number of benzene rings is 1. The molecule has 1 N–H and O–H groups in total. The fraction of sp³-hybridized carbons (Fsp3) is 0.357. The second-order valence-electron chi connectivity index (χ2n) is 9.93. The molecular formula is C28H29N3O4S2. The minimum absolute atomic E-state index is 0.00641. The van der Waals surface area contributed by atoms with Crippen molar-refractivity contribution >= 4 is 46.2 Å². The molecule has 3 atom stereocenters. The summed E-state index contributed by atoms with van der Waals surface area (Å²) in [4.78, 5) is 57.6. The standard InChI is InChI=1S/C28H29N3O4S2/c1-17(2)14-20(29-26(33)24-9-8-23(37-24)18-6-4-3-5-7-18)28(35)30-12-10-21-25(30)22(32)15-31(21)27(34)19-11-13-36-16-19/h3-9,11,13,16-17,20-21,25H,10,12,14-15H2,1-2H3,(H,29,33). The maximum atomic E-state index is 13.7. The molecule has 192 valence electrons. The smallest absolute Gasteiger partial charge is 0.262 e. The van der Waals surface area contributed by atoms with Crippen molar-refractivity contribution < 1.29 is 19.2 Å². The van der Waals surface area contributed by atoms with Crippen LogP contribution in [0.25, 0.3) is 10.4 Å². The number of likely N-dealkylation sites (tertiary alicyclic amines) is 2. The van der Waals surface area contributed by atoms with Gasteiger partial charge in [0.05, 0.1) is 23.0 Å². The van der Waals surface area contributed by atoms with Crippen LogP contribution in [0.4, 0.5) is 0 Å². The number of thiophene rings is 2. The van der Waals surface area contributed by atoms with Crippen LogP contribution in [0.3, 0.4) is 0 Å². The Morgan fingerprint density at radius 1 is 1.05 bits per heavy atom. The lowest BCUT2D eigenvalue weighted by Gasteiger charge is -2.29. The summed E-state index contributed by atoms with van der Waals surface area (Å²) in [6.45, 7) is 4.39. The number of nitrogens with one attached hydrogen (secondary N) is 1. The van der Waals surface area contributed by atoms with Crippen molar-refractivity contribution in [1.82, 2.24) is 15.1 Å². The number of hydrogen-bond donors (Lipinski definition) is 1. The van der Waals surface area contributed by atoms with Gasteiger partial charge in [-0.1, -0.05) is 44.2 Å². The zero-order chi connectivity index (χ0) is 26.1. The summed E-state index contributed by atoms with van der Waals surface area (Å²) >= 11 is 2.82. The van der Waals surface area contributed by atoms with E-state index in [1.54, 1.807) is 27.3 Å². The summed E-state index contributed by atoms with van der Waals surface area (Å²) in [5, 5.41) is 6.56. The Morgan fingerprint density at radius 3 is 2.54 bits per heavy atom. The first kappa shape index (κ1) is 25.4. The minimum atomic E-state index is -0.747. The van der Waals surface area contributed by atoms with Crippen LogP contribution in [0.1, 0.15) is 46.7 Å². The van der Waals surface area contributed by atoms with E-state index in [-0.39, 0.29) is 42.0 Å². The van der Waals surface area contributed by atoms with Gasteiger partial charge in [-0.25, -0.2) is 0 Å². The van der Waals surface area contributed by atoms with Crippen molar-refractivity contribution in [2.75, 3.05) is 13.1 Å². The van der Waals surface area contributed by atoms with Gasteiger partial charge in [-0.3, -0.25) is 19.2 Å². The molecular weight excluding hydrogens is 506 g/mol. The van der Waals surface area contributed by atoms with Gasteiger partial charge >= 0.3 is 0 Å². The lowest BCUT2D eigenvalue weighted by molar-refractivity contribution is -0.138. The highest BCUT2D eigenvalue weighted by molar-refractivity contribution is 7.17. The van der Waals surface area contributed by atoms with Crippen LogP contribution >= 0.6 is 22.7 Å². The summed E-state index contributed by atoms with van der Waals surface area (Å²) < 4.78 is 0. The molecule has 0 saturated carbocycles. The van der Waals surface area contributed by atoms with E-state index >= 15 is 0 Å². The van der Waals surface area contributed by atoms with Crippen LogP contribution in [-0.2, 0) is 9.59 Å². The molecule has 2 fully saturated rings. The second kappa shape index (κ2) is 10.6. The van der Waals surface area contributed by atoms with E-state index in [0.717, 1.165) is 10.4 Å². The molecule has 0 radical (unpaired) electrons. The molecule has 3 unspecified atom stereocenters. The number of amides is 3. The van der Waals surface area contributed by atoms with Crippen LogP contribution in [0.15, 0.2) is 59.3 Å². The zero-order valence-electron chi connectivity index (χ0n) is 20.8. The summed E-state index contributed by atoms with van der Waals surface area (Å²) in [6.07, 6.45) is 1.01. The number of carbonyl (C=O) groups excluding carboxylic acids is 4. The Balaban J connectivity index is 1.31. The lowest BCUT2D eigenvalue weighted by atomic mass is 10.0. The summed E-state index contributed by atoms with van der Waals surface area (Å²) in [7, 11) is 0. The van der Waals surface area contributed by atoms with Gasteiger partial charge in [0.15, 0.2) is 5.78 Å². The van der Waals surface area contributed by atoms with E-state index in [4.69, 9.17) is 0 Å². The predicted octanol–water partition coefficient (Wildman–Crippen LogP) is 4.32. The van der Waals surface area contributed by atoms with Gasteiger partial charge in [0.1, 0.15) is 12.1 Å². The Labute approximate surface area is 224 Å². The van der Waals surface area contributed by atoms with Crippen molar-refractivity contribution in [3.63, 3.8) is 0 Å². The molecule has 2 aliphatic heterocycles. The van der Waals surface area contributed by atoms with Crippen molar-refractivity contribution in [2.24, 2.45) is 5.92 Å². The SMILES string of the molecule is CC(C)CC(NC(=O)c1ccc(-c2ccccc2)s1)C(=O)N1CCC2C1C(=O)CN2C(=O)c1ccsc1. The highest BCUT2D eigenvalue weighted by Gasteiger charge is 2.52. The average Bonchev–Trinajstić information content (AvgIpc) is 3.69. The third-order valence-corrected chi connectivity index (χ3v) is 8.75. The molecule has 0 bridgehead atoms. The van der Waals surface area contributed by atoms with Gasteiger partial charge in [-0.05, 0) is 47.9 Å². The summed E-state index contributed by atoms with van der Waals surface area (Å²) in [6, 6.07) is 13.5. The Kier molecular flexibility index (Phi) is 7.26. The Hall–Kier alpha value is -3.30. The van der Waals surface area contributed by atoms with Crippen LogP contribution in [-0.4, -0.2) is 64.5 Å². The van der Waals surface area contributed by atoms with Crippen LogP contribution in [0.5, 0.6) is 0 Å². The molecule has 7 nitrogen and oxygen atoms in total. The maximum absolute atomic E-state index is 13.7. The minimum Gasteiger partial charge on any atom is -0.340 e. The van der Waals surface area contributed by atoms with E-state index in [0.29, 0.717) is 29.8 Å². The molecule has 5 rings (SSSR count). The van der Waals surface area contributed by atoms with Crippen molar-refractivity contribution in [1.29, 1.82) is 0 Å². The summed E-state index contributed by atoms with van der Waals surface area (Å²) in [5.41, 5.74) is 1.60. The fourth-order valence-electron chi connectivity index (χ4n) is 5.23. The molecule has 3 aromatic rings. The third-order valence-electron chi connectivity index (χ3n) is 6.93. The molecule has 1 aromatic carbocycles. The molecule has 2 saturated heterocycles.